The second kappa shape index (κ2) is 6.61. The van der Waals surface area contributed by atoms with Crippen LogP contribution < -0.4 is 0 Å². The van der Waals surface area contributed by atoms with Gasteiger partial charge in [0, 0.05) is 23.5 Å². The number of aryl methyl sites for hydroxylation is 1. The first-order valence-electron chi connectivity index (χ1n) is 8.88. The minimum atomic E-state index is 0.0267. The van der Waals surface area contributed by atoms with Crippen molar-refractivity contribution in [1.82, 2.24) is 5.16 Å². The molecule has 0 saturated heterocycles. The summed E-state index contributed by atoms with van der Waals surface area (Å²) in [7, 11) is 1.76. The summed E-state index contributed by atoms with van der Waals surface area (Å²) in [5.74, 6) is 1.15. The zero-order valence-corrected chi connectivity index (χ0v) is 15.7. The SMILES string of the molecule is COC1CCCc2c(C)cc(C(=O)c3cnoc3C3CC3)c(SC)c21. The van der Waals surface area contributed by atoms with E-state index in [9.17, 15) is 4.79 Å². The molecule has 0 aliphatic heterocycles. The maximum atomic E-state index is 13.3. The molecule has 1 saturated carbocycles. The van der Waals surface area contributed by atoms with Crippen molar-refractivity contribution in [2.24, 2.45) is 0 Å². The van der Waals surface area contributed by atoms with Crippen molar-refractivity contribution >= 4 is 17.5 Å². The van der Waals surface area contributed by atoms with Crippen LogP contribution in [0.2, 0.25) is 0 Å². The number of hydrogen-bond donors (Lipinski definition) is 0. The summed E-state index contributed by atoms with van der Waals surface area (Å²) in [6.45, 7) is 2.10. The molecule has 1 fully saturated rings. The summed E-state index contributed by atoms with van der Waals surface area (Å²) in [6, 6.07) is 2.05. The highest BCUT2D eigenvalue weighted by Gasteiger charge is 2.34. The molecule has 1 unspecified atom stereocenters. The van der Waals surface area contributed by atoms with Crippen molar-refractivity contribution in [3.05, 3.63) is 45.8 Å². The van der Waals surface area contributed by atoms with Crippen LogP contribution in [0.15, 0.2) is 21.7 Å². The van der Waals surface area contributed by atoms with Crippen LogP contribution >= 0.6 is 11.8 Å². The number of thioether (sulfide) groups is 1. The molecule has 132 valence electrons. The number of methoxy groups -OCH3 is 1. The van der Waals surface area contributed by atoms with Crippen LogP contribution in [0.3, 0.4) is 0 Å². The van der Waals surface area contributed by atoms with Crippen LogP contribution in [0.25, 0.3) is 0 Å². The number of ketones is 1. The Kier molecular flexibility index (Phi) is 4.46. The number of nitrogens with zero attached hydrogens (tertiary/aromatic N) is 1. The first-order chi connectivity index (χ1) is 12.2. The van der Waals surface area contributed by atoms with Gasteiger partial charge in [0.05, 0.1) is 17.9 Å². The van der Waals surface area contributed by atoms with Crippen molar-refractivity contribution in [1.29, 1.82) is 0 Å². The fourth-order valence-corrected chi connectivity index (χ4v) is 4.82. The molecule has 1 aromatic heterocycles. The third-order valence-corrected chi connectivity index (χ3v) is 6.24. The zero-order chi connectivity index (χ0) is 17.6. The van der Waals surface area contributed by atoms with E-state index in [1.807, 2.05) is 6.26 Å². The van der Waals surface area contributed by atoms with Crippen LogP contribution in [-0.4, -0.2) is 24.3 Å². The van der Waals surface area contributed by atoms with Gasteiger partial charge >= 0.3 is 0 Å². The fourth-order valence-electron chi connectivity index (χ4n) is 3.97. The highest BCUT2D eigenvalue weighted by atomic mass is 32.2. The highest BCUT2D eigenvalue weighted by molar-refractivity contribution is 7.98. The molecule has 0 N–H and O–H groups in total. The lowest BCUT2D eigenvalue weighted by atomic mass is 9.84. The first kappa shape index (κ1) is 16.9. The van der Waals surface area contributed by atoms with Gasteiger partial charge in [0.25, 0.3) is 0 Å². The van der Waals surface area contributed by atoms with E-state index in [4.69, 9.17) is 9.26 Å². The Bertz CT molecular complexity index is 823. The van der Waals surface area contributed by atoms with Crippen molar-refractivity contribution < 1.29 is 14.1 Å². The molecule has 0 bridgehead atoms. The van der Waals surface area contributed by atoms with Gasteiger partial charge in [-0.15, -0.1) is 11.8 Å². The van der Waals surface area contributed by atoms with Gasteiger partial charge < -0.3 is 9.26 Å². The third-order valence-electron chi connectivity index (χ3n) is 5.39. The lowest BCUT2D eigenvalue weighted by Gasteiger charge is -2.29. The van der Waals surface area contributed by atoms with E-state index in [0.717, 1.165) is 48.3 Å². The molecule has 0 radical (unpaired) electrons. The molecule has 1 aromatic carbocycles. The normalized spacial score (nSPS) is 19.7. The number of carbonyl (C=O) groups is 1. The molecule has 1 atom stereocenters. The number of hydrogen-bond acceptors (Lipinski definition) is 5. The number of aromatic nitrogens is 1. The smallest absolute Gasteiger partial charge is 0.199 e. The molecule has 0 amide bonds. The Hall–Kier alpha value is -1.59. The topological polar surface area (TPSA) is 52.3 Å². The summed E-state index contributed by atoms with van der Waals surface area (Å²) < 4.78 is 11.1. The molecule has 2 aliphatic carbocycles. The van der Waals surface area contributed by atoms with Gasteiger partial charge in [-0.2, -0.15) is 0 Å². The molecule has 2 aromatic rings. The summed E-state index contributed by atoms with van der Waals surface area (Å²) in [6.07, 6.45) is 9.06. The monoisotopic (exact) mass is 357 g/mol. The second-order valence-electron chi connectivity index (χ2n) is 6.99. The number of benzene rings is 1. The molecule has 25 heavy (non-hydrogen) atoms. The molecule has 2 aliphatic rings. The molecule has 4 rings (SSSR count). The number of carbonyl (C=O) groups excluding carboxylic acids is 1. The van der Waals surface area contributed by atoms with Crippen molar-refractivity contribution in [3.8, 4) is 0 Å². The predicted octanol–water partition coefficient (Wildman–Crippen LogP) is 4.84. The molecule has 4 nitrogen and oxygen atoms in total. The van der Waals surface area contributed by atoms with Gasteiger partial charge in [0.15, 0.2) is 11.5 Å². The third kappa shape index (κ3) is 2.83. The number of ether oxygens (including phenoxy) is 1. The first-order valence-corrected chi connectivity index (χ1v) is 10.1. The molecular weight excluding hydrogens is 334 g/mol. The van der Waals surface area contributed by atoms with Crippen LogP contribution in [0, 0.1) is 6.92 Å². The van der Waals surface area contributed by atoms with Crippen molar-refractivity contribution in [3.63, 3.8) is 0 Å². The van der Waals surface area contributed by atoms with E-state index in [1.54, 1.807) is 25.1 Å². The van der Waals surface area contributed by atoms with Crippen LogP contribution in [0.1, 0.15) is 76.1 Å². The van der Waals surface area contributed by atoms with E-state index >= 15 is 0 Å². The summed E-state index contributed by atoms with van der Waals surface area (Å²) in [5.41, 5.74) is 5.14. The van der Waals surface area contributed by atoms with Crippen molar-refractivity contribution in [2.45, 2.75) is 55.9 Å². The van der Waals surface area contributed by atoms with E-state index in [2.05, 4.69) is 18.1 Å². The lowest BCUT2D eigenvalue weighted by Crippen LogP contribution is -2.17. The van der Waals surface area contributed by atoms with Gasteiger partial charge in [-0.05, 0) is 68.0 Å². The van der Waals surface area contributed by atoms with Gasteiger partial charge in [0.2, 0.25) is 0 Å². The predicted molar refractivity (Wildman–Crippen MR) is 97.6 cm³/mol. The number of fused-ring (bicyclic) bond motifs is 1. The molecule has 5 heteroatoms. The minimum absolute atomic E-state index is 0.0267. The average molecular weight is 357 g/mol. The largest absolute Gasteiger partial charge is 0.377 e. The van der Waals surface area contributed by atoms with Gasteiger partial charge in [-0.1, -0.05) is 5.16 Å². The Labute approximate surface area is 152 Å². The minimum Gasteiger partial charge on any atom is -0.377 e. The molecule has 1 heterocycles. The van der Waals surface area contributed by atoms with Crippen LogP contribution in [0.5, 0.6) is 0 Å². The Morgan fingerprint density at radius 1 is 1.32 bits per heavy atom. The highest BCUT2D eigenvalue weighted by Crippen LogP contribution is 2.44. The van der Waals surface area contributed by atoms with Crippen LogP contribution in [-0.2, 0) is 11.2 Å². The standard InChI is InChI=1S/C20H23NO3S/c1-11-9-14(18(22)15-10-21-24-19(15)12-7-8-12)20(25-3)17-13(11)5-4-6-16(17)23-2/h9-10,12,16H,4-8H2,1-3H3. The Morgan fingerprint density at radius 2 is 2.12 bits per heavy atom. The van der Waals surface area contributed by atoms with E-state index in [1.165, 1.54) is 16.7 Å². The van der Waals surface area contributed by atoms with E-state index < -0.39 is 0 Å². The Morgan fingerprint density at radius 3 is 2.80 bits per heavy atom. The van der Waals surface area contributed by atoms with Gasteiger partial charge in [-0.3, -0.25) is 4.79 Å². The van der Waals surface area contributed by atoms with E-state index in [0.29, 0.717) is 11.5 Å². The molecule has 0 spiro atoms. The second-order valence-corrected chi connectivity index (χ2v) is 7.81. The number of rotatable bonds is 5. The maximum absolute atomic E-state index is 13.3. The van der Waals surface area contributed by atoms with Gasteiger partial charge in [0.1, 0.15) is 0 Å². The lowest BCUT2D eigenvalue weighted by molar-refractivity contribution is 0.0853. The zero-order valence-electron chi connectivity index (χ0n) is 14.9. The summed E-state index contributed by atoms with van der Waals surface area (Å²) >= 11 is 1.64. The fraction of sp³-hybridized carbons (Fsp3) is 0.500. The van der Waals surface area contributed by atoms with Crippen LogP contribution in [0.4, 0.5) is 0 Å². The summed E-state index contributed by atoms with van der Waals surface area (Å²) in [4.78, 5) is 14.4. The quantitative estimate of drug-likeness (QED) is 0.566. The van der Waals surface area contributed by atoms with Gasteiger partial charge in [-0.25, -0.2) is 0 Å². The van der Waals surface area contributed by atoms with E-state index in [-0.39, 0.29) is 11.9 Å². The summed E-state index contributed by atoms with van der Waals surface area (Å²) in [5, 5.41) is 3.90. The Balaban J connectivity index is 1.85. The average Bonchev–Trinajstić information content (AvgIpc) is 3.37. The van der Waals surface area contributed by atoms with Crippen molar-refractivity contribution in [2.75, 3.05) is 13.4 Å². The maximum Gasteiger partial charge on any atom is 0.199 e. The molecular formula is C20H23NO3S.